The number of nitrogens with zero attached hydrogens (tertiary/aromatic N) is 2. The molecule has 0 aromatic heterocycles. The largest absolute Gasteiger partial charge is 0.341 e. The minimum absolute atomic E-state index is 0.113. The second kappa shape index (κ2) is 5.97. The van der Waals surface area contributed by atoms with E-state index in [1.54, 1.807) is 0 Å². The van der Waals surface area contributed by atoms with Gasteiger partial charge in [0.25, 0.3) is 0 Å². The Labute approximate surface area is 81.7 Å². The van der Waals surface area contributed by atoms with E-state index >= 15 is 0 Å². The lowest BCUT2D eigenvalue weighted by atomic mass is 10.2. The molecule has 0 bridgehead atoms. The molecule has 0 saturated heterocycles. The molecule has 0 N–H and O–H groups in total. The Hall–Kier alpha value is -0.570. The van der Waals surface area contributed by atoms with Crippen LogP contribution in [0, 0.1) is 5.92 Å². The molecule has 0 spiro atoms. The molecule has 0 aromatic rings. The molecular weight excluding hydrogens is 164 g/mol. The van der Waals surface area contributed by atoms with Gasteiger partial charge in [0, 0.05) is 25.6 Å². The van der Waals surface area contributed by atoms with E-state index in [2.05, 4.69) is 4.90 Å². The molecule has 13 heavy (non-hydrogen) atoms. The van der Waals surface area contributed by atoms with Gasteiger partial charge in [-0.05, 0) is 21.0 Å². The zero-order chi connectivity index (χ0) is 10.4. The fourth-order valence-electron chi connectivity index (χ4n) is 1.11. The first-order valence-electron chi connectivity index (χ1n) is 4.92. The van der Waals surface area contributed by atoms with Crippen molar-refractivity contribution in [1.29, 1.82) is 0 Å². The molecular formula is C10H22N2O. The molecule has 0 aliphatic rings. The van der Waals surface area contributed by atoms with Gasteiger partial charge in [0.2, 0.25) is 5.91 Å². The number of hydrogen-bond donors (Lipinski definition) is 0. The van der Waals surface area contributed by atoms with Gasteiger partial charge in [0.15, 0.2) is 0 Å². The Morgan fingerprint density at radius 3 is 2.08 bits per heavy atom. The summed E-state index contributed by atoms with van der Waals surface area (Å²) in [6.07, 6.45) is 0. The Kier molecular flexibility index (Phi) is 5.71. The number of likely N-dealkylation sites (N-methyl/N-ethyl adjacent to an activating group) is 2. The zero-order valence-corrected chi connectivity index (χ0v) is 9.50. The summed E-state index contributed by atoms with van der Waals surface area (Å²) in [5.41, 5.74) is 0. The lowest BCUT2D eigenvalue weighted by molar-refractivity contribution is -0.134. The van der Waals surface area contributed by atoms with Crippen molar-refractivity contribution in [3.8, 4) is 0 Å². The number of rotatable bonds is 5. The van der Waals surface area contributed by atoms with Crippen molar-refractivity contribution >= 4 is 5.91 Å². The van der Waals surface area contributed by atoms with Gasteiger partial charge in [-0.1, -0.05) is 13.8 Å². The summed E-state index contributed by atoms with van der Waals surface area (Å²) >= 11 is 0. The van der Waals surface area contributed by atoms with Crippen LogP contribution in [0.5, 0.6) is 0 Å². The van der Waals surface area contributed by atoms with E-state index in [-0.39, 0.29) is 11.8 Å². The van der Waals surface area contributed by atoms with Crippen LogP contribution in [0.25, 0.3) is 0 Å². The summed E-state index contributed by atoms with van der Waals surface area (Å²) in [5, 5.41) is 0. The minimum atomic E-state index is 0.113. The van der Waals surface area contributed by atoms with Gasteiger partial charge >= 0.3 is 0 Å². The average Bonchev–Trinajstić information content (AvgIpc) is 2.04. The lowest BCUT2D eigenvalue weighted by Crippen LogP contribution is -2.38. The van der Waals surface area contributed by atoms with E-state index in [0.29, 0.717) is 0 Å². The lowest BCUT2D eigenvalue weighted by Gasteiger charge is -2.24. The third-order valence-electron chi connectivity index (χ3n) is 2.00. The molecule has 0 unspecified atom stereocenters. The highest BCUT2D eigenvalue weighted by molar-refractivity contribution is 5.78. The van der Waals surface area contributed by atoms with Gasteiger partial charge in [-0.25, -0.2) is 0 Å². The first-order valence-corrected chi connectivity index (χ1v) is 4.92. The SMILES string of the molecule is CCN(CCN(C)C)C(=O)C(C)C. The first kappa shape index (κ1) is 12.4. The van der Waals surface area contributed by atoms with Crippen LogP contribution in [0.15, 0.2) is 0 Å². The molecule has 0 aliphatic heterocycles. The predicted octanol–water partition coefficient (Wildman–Crippen LogP) is 1.05. The van der Waals surface area contributed by atoms with Crippen molar-refractivity contribution in [3.63, 3.8) is 0 Å². The van der Waals surface area contributed by atoms with Crippen LogP contribution < -0.4 is 0 Å². The molecule has 0 aliphatic carbocycles. The molecule has 0 atom stereocenters. The number of carbonyl (C=O) groups excluding carboxylic acids is 1. The quantitative estimate of drug-likeness (QED) is 0.641. The molecule has 0 saturated carbocycles. The highest BCUT2D eigenvalue weighted by Gasteiger charge is 2.14. The van der Waals surface area contributed by atoms with E-state index in [1.165, 1.54) is 0 Å². The van der Waals surface area contributed by atoms with Gasteiger partial charge in [-0.15, -0.1) is 0 Å². The van der Waals surface area contributed by atoms with E-state index < -0.39 is 0 Å². The van der Waals surface area contributed by atoms with E-state index in [1.807, 2.05) is 39.8 Å². The summed E-state index contributed by atoms with van der Waals surface area (Å²) in [4.78, 5) is 15.6. The molecule has 0 heterocycles. The van der Waals surface area contributed by atoms with Crippen molar-refractivity contribution in [2.45, 2.75) is 20.8 Å². The van der Waals surface area contributed by atoms with Crippen molar-refractivity contribution in [2.24, 2.45) is 5.92 Å². The average molecular weight is 186 g/mol. The van der Waals surface area contributed by atoms with E-state index in [9.17, 15) is 4.79 Å². The summed E-state index contributed by atoms with van der Waals surface area (Å²) in [7, 11) is 4.04. The topological polar surface area (TPSA) is 23.6 Å². The zero-order valence-electron chi connectivity index (χ0n) is 9.50. The summed E-state index contributed by atoms with van der Waals surface area (Å²) < 4.78 is 0. The van der Waals surface area contributed by atoms with Crippen LogP contribution in [0.4, 0.5) is 0 Å². The summed E-state index contributed by atoms with van der Waals surface area (Å²) in [5.74, 6) is 0.367. The van der Waals surface area contributed by atoms with Gasteiger partial charge in [-0.3, -0.25) is 4.79 Å². The highest BCUT2D eigenvalue weighted by atomic mass is 16.2. The molecule has 1 amide bonds. The molecule has 0 radical (unpaired) electrons. The number of hydrogen-bond acceptors (Lipinski definition) is 2. The molecule has 3 heteroatoms. The van der Waals surface area contributed by atoms with Crippen LogP contribution in [0.3, 0.4) is 0 Å². The third kappa shape index (κ3) is 4.88. The molecule has 78 valence electrons. The van der Waals surface area contributed by atoms with Crippen LogP contribution in [0.1, 0.15) is 20.8 Å². The van der Waals surface area contributed by atoms with Gasteiger partial charge in [0.05, 0.1) is 0 Å². The van der Waals surface area contributed by atoms with Crippen LogP contribution in [0.2, 0.25) is 0 Å². The molecule has 0 rings (SSSR count). The van der Waals surface area contributed by atoms with Crippen LogP contribution in [-0.4, -0.2) is 49.4 Å². The Morgan fingerprint density at radius 2 is 1.77 bits per heavy atom. The van der Waals surface area contributed by atoms with Crippen molar-refractivity contribution in [2.75, 3.05) is 33.7 Å². The standard InChI is InChI=1S/C10H22N2O/c1-6-12(8-7-11(4)5)10(13)9(2)3/h9H,6-8H2,1-5H3. The fraction of sp³-hybridized carbons (Fsp3) is 0.900. The highest BCUT2D eigenvalue weighted by Crippen LogP contribution is 2.00. The maximum absolute atomic E-state index is 11.6. The van der Waals surface area contributed by atoms with Gasteiger partial charge in [-0.2, -0.15) is 0 Å². The first-order chi connectivity index (χ1) is 5.99. The Bertz CT molecular complexity index is 155. The van der Waals surface area contributed by atoms with Crippen molar-refractivity contribution < 1.29 is 4.79 Å². The third-order valence-corrected chi connectivity index (χ3v) is 2.00. The van der Waals surface area contributed by atoms with E-state index in [4.69, 9.17) is 0 Å². The van der Waals surface area contributed by atoms with Crippen LogP contribution in [-0.2, 0) is 4.79 Å². The normalized spacial score (nSPS) is 11.0. The Morgan fingerprint density at radius 1 is 1.23 bits per heavy atom. The summed E-state index contributed by atoms with van der Waals surface area (Å²) in [6.45, 7) is 8.49. The molecule has 3 nitrogen and oxygen atoms in total. The monoisotopic (exact) mass is 186 g/mol. The maximum atomic E-state index is 11.6. The van der Waals surface area contributed by atoms with Crippen LogP contribution >= 0.6 is 0 Å². The maximum Gasteiger partial charge on any atom is 0.225 e. The van der Waals surface area contributed by atoms with Crippen molar-refractivity contribution in [3.05, 3.63) is 0 Å². The number of amides is 1. The smallest absolute Gasteiger partial charge is 0.225 e. The molecule has 0 fully saturated rings. The summed E-state index contributed by atoms with van der Waals surface area (Å²) in [6, 6.07) is 0. The Balaban J connectivity index is 3.95. The second-order valence-electron chi connectivity index (χ2n) is 3.88. The minimum Gasteiger partial charge on any atom is -0.341 e. The second-order valence-corrected chi connectivity index (χ2v) is 3.88. The predicted molar refractivity (Wildman–Crippen MR) is 55.6 cm³/mol. The number of carbonyl (C=O) groups is 1. The fourth-order valence-corrected chi connectivity index (χ4v) is 1.11. The van der Waals surface area contributed by atoms with Crippen molar-refractivity contribution in [1.82, 2.24) is 9.80 Å². The molecule has 0 aromatic carbocycles. The van der Waals surface area contributed by atoms with Gasteiger partial charge in [0.1, 0.15) is 0 Å². The van der Waals surface area contributed by atoms with Gasteiger partial charge < -0.3 is 9.80 Å². The van der Waals surface area contributed by atoms with E-state index in [0.717, 1.165) is 19.6 Å².